The fourth-order valence-electron chi connectivity index (χ4n) is 3.36. The molecule has 0 saturated carbocycles. The van der Waals surface area contributed by atoms with E-state index in [1.54, 1.807) is 66.7 Å². The lowest BCUT2D eigenvalue weighted by Crippen LogP contribution is -2.44. The van der Waals surface area contributed by atoms with E-state index in [1.165, 1.54) is 0 Å². The van der Waals surface area contributed by atoms with Gasteiger partial charge in [0.25, 0.3) is 11.8 Å². The zero-order valence-corrected chi connectivity index (χ0v) is 24.0. The average Bonchev–Trinajstić information content (AvgIpc) is 3.13. The maximum Gasteiger partial charge on any atom is 0.285 e. The van der Waals surface area contributed by atoms with E-state index in [0.29, 0.717) is 54.2 Å². The van der Waals surface area contributed by atoms with Gasteiger partial charge in [-0.1, -0.05) is 59.2 Å². The highest BCUT2D eigenvalue weighted by molar-refractivity contribution is 9.10. The van der Waals surface area contributed by atoms with Crippen molar-refractivity contribution in [2.24, 2.45) is 0 Å². The van der Waals surface area contributed by atoms with Crippen molar-refractivity contribution in [3.8, 4) is 11.5 Å². The molecule has 1 N–H and O–H groups in total. The van der Waals surface area contributed by atoms with Crippen molar-refractivity contribution >= 4 is 85.3 Å². The van der Waals surface area contributed by atoms with Crippen LogP contribution in [0.15, 0.2) is 70.0 Å². The molecular formula is C26H19BrCl2N2O4S2. The van der Waals surface area contributed by atoms with Crippen molar-refractivity contribution < 1.29 is 19.1 Å². The van der Waals surface area contributed by atoms with Crippen LogP contribution in [0.3, 0.4) is 0 Å². The van der Waals surface area contributed by atoms with Gasteiger partial charge in [-0.25, -0.2) is 0 Å². The summed E-state index contributed by atoms with van der Waals surface area (Å²) >= 11 is 22.5. The highest BCUT2D eigenvalue weighted by Crippen LogP contribution is 2.40. The number of carbonyl (C=O) groups is 2. The predicted molar refractivity (Wildman–Crippen MR) is 155 cm³/mol. The van der Waals surface area contributed by atoms with Gasteiger partial charge in [0.15, 0.2) is 15.8 Å². The molecule has 6 nitrogen and oxygen atoms in total. The van der Waals surface area contributed by atoms with Crippen LogP contribution < -0.4 is 14.9 Å². The lowest BCUT2D eigenvalue weighted by molar-refractivity contribution is -0.123. The number of halogens is 3. The molecule has 3 aromatic carbocycles. The molecule has 1 aliphatic heterocycles. The third kappa shape index (κ3) is 6.48. The number of ether oxygens (including phenoxy) is 2. The summed E-state index contributed by atoms with van der Waals surface area (Å²) in [7, 11) is 0. The molecule has 0 aromatic heterocycles. The second kappa shape index (κ2) is 12.3. The van der Waals surface area contributed by atoms with Gasteiger partial charge in [0.1, 0.15) is 6.61 Å². The molecule has 1 fully saturated rings. The first-order valence-corrected chi connectivity index (χ1v) is 13.7. The largest absolute Gasteiger partial charge is 0.490 e. The molecule has 11 heteroatoms. The number of nitrogens with one attached hydrogen (secondary N) is 1. The molecule has 0 spiro atoms. The Morgan fingerprint density at radius 1 is 1.11 bits per heavy atom. The van der Waals surface area contributed by atoms with E-state index in [4.69, 9.17) is 44.9 Å². The first-order chi connectivity index (χ1) is 17.8. The van der Waals surface area contributed by atoms with Gasteiger partial charge in [0, 0.05) is 21.2 Å². The molecule has 0 bridgehead atoms. The number of thiocarbonyl (C=S) groups is 1. The highest BCUT2D eigenvalue weighted by Gasteiger charge is 2.34. The maximum absolute atomic E-state index is 13.0. The number of amides is 2. The Kier molecular flexibility index (Phi) is 9.15. The SMILES string of the molecule is CCOc1cc(/C=C2\SC(=S)N(NC(=O)c3ccccc3)C2=O)cc(Br)c1OCc1c(Cl)cccc1Cl. The van der Waals surface area contributed by atoms with Gasteiger partial charge < -0.3 is 9.47 Å². The zero-order valence-electron chi connectivity index (χ0n) is 19.3. The summed E-state index contributed by atoms with van der Waals surface area (Å²) in [6, 6.07) is 17.4. The van der Waals surface area contributed by atoms with Gasteiger partial charge in [-0.3, -0.25) is 15.0 Å². The van der Waals surface area contributed by atoms with Crippen molar-refractivity contribution in [1.29, 1.82) is 0 Å². The molecule has 1 saturated heterocycles. The molecule has 1 heterocycles. The third-order valence-corrected chi connectivity index (χ3v) is 7.69. The Hall–Kier alpha value is -2.56. The molecule has 0 aliphatic carbocycles. The lowest BCUT2D eigenvalue weighted by atomic mass is 10.1. The number of carbonyl (C=O) groups excluding carboxylic acids is 2. The number of thioether (sulfide) groups is 1. The van der Waals surface area contributed by atoms with Crippen molar-refractivity contribution in [2.45, 2.75) is 13.5 Å². The maximum atomic E-state index is 13.0. The van der Waals surface area contributed by atoms with Crippen LogP contribution in [-0.4, -0.2) is 27.8 Å². The number of benzene rings is 3. The Morgan fingerprint density at radius 3 is 2.49 bits per heavy atom. The molecule has 4 rings (SSSR count). The Morgan fingerprint density at radius 2 is 1.81 bits per heavy atom. The summed E-state index contributed by atoms with van der Waals surface area (Å²) in [6.45, 7) is 2.39. The number of hydrazine groups is 1. The van der Waals surface area contributed by atoms with Crippen molar-refractivity contribution in [3.63, 3.8) is 0 Å². The Bertz CT molecular complexity index is 1380. The fraction of sp³-hybridized carbons (Fsp3) is 0.115. The monoisotopic (exact) mass is 636 g/mol. The topological polar surface area (TPSA) is 67.9 Å². The summed E-state index contributed by atoms with van der Waals surface area (Å²) in [5.74, 6) is 0.0820. The summed E-state index contributed by atoms with van der Waals surface area (Å²) < 4.78 is 12.7. The van der Waals surface area contributed by atoms with E-state index in [9.17, 15) is 9.59 Å². The summed E-state index contributed by atoms with van der Waals surface area (Å²) in [4.78, 5) is 25.9. The minimum atomic E-state index is -0.431. The standard InChI is InChI=1S/C26H19BrCl2N2O4S2/c1-2-34-21-12-15(11-18(27)23(21)35-14-17-19(28)9-6-10-20(17)29)13-22-25(33)31(26(36)37-22)30-24(32)16-7-4-3-5-8-16/h3-13H,2,14H2,1H3,(H,30,32)/b22-13-. The van der Waals surface area contributed by atoms with Crippen molar-refractivity contribution in [3.05, 3.63) is 96.8 Å². The molecule has 1 aliphatic rings. The molecule has 190 valence electrons. The normalized spacial score (nSPS) is 14.3. The molecule has 37 heavy (non-hydrogen) atoms. The van der Waals surface area contributed by atoms with E-state index < -0.39 is 11.8 Å². The van der Waals surface area contributed by atoms with Crippen molar-refractivity contribution in [2.75, 3.05) is 6.61 Å². The zero-order chi connectivity index (χ0) is 26.5. The quantitative estimate of drug-likeness (QED) is 0.207. The minimum Gasteiger partial charge on any atom is -0.490 e. The summed E-state index contributed by atoms with van der Waals surface area (Å²) in [6.07, 6.45) is 1.68. The van der Waals surface area contributed by atoms with Crippen LogP contribution >= 0.6 is 63.1 Å². The molecule has 2 amide bonds. The van der Waals surface area contributed by atoms with Crippen LogP contribution in [0.1, 0.15) is 28.4 Å². The van der Waals surface area contributed by atoms with Crippen LogP contribution in [0.25, 0.3) is 6.08 Å². The first-order valence-electron chi connectivity index (χ1n) is 10.9. The second-order valence-electron chi connectivity index (χ2n) is 7.58. The lowest BCUT2D eigenvalue weighted by Gasteiger charge is -2.16. The van der Waals surface area contributed by atoms with Crippen LogP contribution in [0, 0.1) is 0 Å². The predicted octanol–water partition coefficient (Wildman–Crippen LogP) is 7.28. The molecule has 0 radical (unpaired) electrons. The van der Waals surface area contributed by atoms with Crippen LogP contribution in [0.5, 0.6) is 11.5 Å². The minimum absolute atomic E-state index is 0.135. The van der Waals surface area contributed by atoms with Crippen LogP contribution in [-0.2, 0) is 11.4 Å². The van der Waals surface area contributed by atoms with E-state index >= 15 is 0 Å². The van der Waals surface area contributed by atoms with Gasteiger partial charge in [-0.2, -0.15) is 5.01 Å². The number of hydrogen-bond donors (Lipinski definition) is 1. The van der Waals surface area contributed by atoms with E-state index in [-0.39, 0.29) is 10.9 Å². The van der Waals surface area contributed by atoms with Gasteiger partial charge >= 0.3 is 0 Å². The molecule has 3 aromatic rings. The van der Waals surface area contributed by atoms with E-state index in [0.717, 1.165) is 16.8 Å². The van der Waals surface area contributed by atoms with Crippen molar-refractivity contribution in [1.82, 2.24) is 10.4 Å². The van der Waals surface area contributed by atoms with E-state index in [2.05, 4.69) is 21.4 Å². The Balaban J connectivity index is 1.55. The van der Waals surface area contributed by atoms with Gasteiger partial charge in [0.05, 0.1) is 16.0 Å². The fourth-order valence-corrected chi connectivity index (χ4v) is 5.62. The van der Waals surface area contributed by atoms with Gasteiger partial charge in [-0.05, 0) is 83.1 Å². The highest BCUT2D eigenvalue weighted by atomic mass is 79.9. The van der Waals surface area contributed by atoms with E-state index in [1.807, 2.05) is 6.92 Å². The average molecular weight is 638 g/mol. The second-order valence-corrected chi connectivity index (χ2v) is 10.9. The molecular weight excluding hydrogens is 619 g/mol. The number of nitrogens with zero attached hydrogens (tertiary/aromatic N) is 1. The van der Waals surface area contributed by atoms with Gasteiger partial charge in [-0.15, -0.1) is 0 Å². The van der Waals surface area contributed by atoms with Crippen LogP contribution in [0.2, 0.25) is 10.0 Å². The Labute approximate surface area is 242 Å². The smallest absolute Gasteiger partial charge is 0.285 e. The van der Waals surface area contributed by atoms with Crippen LogP contribution in [0.4, 0.5) is 0 Å². The molecule has 0 unspecified atom stereocenters. The molecule has 0 atom stereocenters. The number of rotatable bonds is 8. The van der Waals surface area contributed by atoms with Gasteiger partial charge in [0.2, 0.25) is 0 Å². The third-order valence-electron chi connectivity index (χ3n) is 5.10. The summed E-state index contributed by atoms with van der Waals surface area (Å²) in [5, 5.41) is 2.07. The first kappa shape index (κ1) is 27.5. The number of hydrogen-bond acceptors (Lipinski definition) is 6. The summed E-state index contributed by atoms with van der Waals surface area (Å²) in [5.41, 5.74) is 4.32.